The van der Waals surface area contributed by atoms with E-state index in [1.807, 2.05) is 0 Å². The Kier molecular flexibility index (Phi) is 9.19. The molecule has 1 fully saturated rings. The summed E-state index contributed by atoms with van der Waals surface area (Å²) in [5, 5.41) is 9.51. The highest BCUT2D eigenvalue weighted by molar-refractivity contribution is 5.76. The number of benzene rings is 1. The molecule has 1 aliphatic carbocycles. The Morgan fingerprint density at radius 2 is 1.62 bits per heavy atom. The fraction of sp³-hybridized carbons (Fsp3) is 0.565. The van der Waals surface area contributed by atoms with Crippen LogP contribution in [0.25, 0.3) is 0 Å². The molecule has 0 bridgehead atoms. The zero-order chi connectivity index (χ0) is 23.8. The van der Waals surface area contributed by atoms with E-state index in [0.717, 1.165) is 32.1 Å². The summed E-state index contributed by atoms with van der Waals surface area (Å²) in [6, 6.07) is 3.09. The van der Waals surface area contributed by atoms with Crippen LogP contribution in [-0.4, -0.2) is 41.1 Å². The summed E-state index contributed by atoms with van der Waals surface area (Å²) in [5.41, 5.74) is 6.40. The molecule has 3 atom stereocenters. The highest BCUT2D eigenvalue weighted by atomic mass is 16.6. The van der Waals surface area contributed by atoms with Crippen LogP contribution >= 0.6 is 0 Å². The maximum atomic E-state index is 12.5. The number of rotatable bonds is 9. The molecule has 1 aromatic rings. The van der Waals surface area contributed by atoms with E-state index in [0.29, 0.717) is 5.56 Å². The van der Waals surface area contributed by atoms with E-state index in [9.17, 15) is 24.3 Å². The van der Waals surface area contributed by atoms with E-state index in [-0.39, 0.29) is 29.8 Å². The maximum absolute atomic E-state index is 12.5. The Balaban J connectivity index is 2.25. The van der Waals surface area contributed by atoms with E-state index in [4.69, 9.17) is 19.9 Å². The van der Waals surface area contributed by atoms with Gasteiger partial charge in [-0.25, -0.2) is 0 Å². The number of esters is 3. The lowest BCUT2D eigenvalue weighted by atomic mass is 9.86. The first kappa shape index (κ1) is 25.3. The molecule has 32 heavy (non-hydrogen) atoms. The average molecular weight is 450 g/mol. The van der Waals surface area contributed by atoms with Gasteiger partial charge in [0.1, 0.15) is 6.04 Å². The largest absolute Gasteiger partial charge is 0.480 e. The Labute approximate surface area is 187 Å². The Morgan fingerprint density at radius 1 is 1.03 bits per heavy atom. The fourth-order valence-corrected chi connectivity index (χ4v) is 3.93. The van der Waals surface area contributed by atoms with E-state index >= 15 is 0 Å². The topological polar surface area (TPSA) is 142 Å². The number of nitrogens with two attached hydrogens (primary N) is 1. The molecule has 1 aromatic carbocycles. The lowest BCUT2D eigenvalue weighted by molar-refractivity contribution is -0.155. The summed E-state index contributed by atoms with van der Waals surface area (Å²) in [6.07, 6.45) is 4.27. The molecule has 0 aromatic heterocycles. The van der Waals surface area contributed by atoms with E-state index < -0.39 is 36.0 Å². The molecule has 0 saturated heterocycles. The molecule has 1 saturated carbocycles. The van der Waals surface area contributed by atoms with Crippen molar-refractivity contribution >= 4 is 23.9 Å². The summed E-state index contributed by atoms with van der Waals surface area (Å²) >= 11 is 0. The molecule has 0 spiro atoms. The van der Waals surface area contributed by atoms with Crippen LogP contribution in [0.1, 0.15) is 70.8 Å². The molecule has 176 valence electrons. The molecule has 3 N–H and O–H groups in total. The van der Waals surface area contributed by atoms with Crippen molar-refractivity contribution in [3.63, 3.8) is 0 Å². The fourth-order valence-electron chi connectivity index (χ4n) is 3.93. The van der Waals surface area contributed by atoms with Crippen molar-refractivity contribution in [2.24, 2.45) is 11.7 Å². The smallest absolute Gasteiger partial charge is 0.321 e. The minimum Gasteiger partial charge on any atom is -0.480 e. The number of carboxylic acid groups (broad SMARTS) is 1. The third-order valence-corrected chi connectivity index (χ3v) is 5.46. The van der Waals surface area contributed by atoms with Gasteiger partial charge in [0.15, 0.2) is 11.5 Å². The number of hydrogen-bond acceptors (Lipinski definition) is 8. The number of hydrogen-bond donors (Lipinski definition) is 2. The van der Waals surface area contributed by atoms with Gasteiger partial charge < -0.3 is 25.1 Å². The lowest BCUT2D eigenvalue weighted by Crippen LogP contribution is -2.38. The highest BCUT2D eigenvalue weighted by Crippen LogP contribution is 2.35. The van der Waals surface area contributed by atoms with Gasteiger partial charge in [-0.1, -0.05) is 25.3 Å². The van der Waals surface area contributed by atoms with Crippen molar-refractivity contribution in [1.29, 1.82) is 0 Å². The van der Waals surface area contributed by atoms with Crippen molar-refractivity contribution in [1.82, 2.24) is 0 Å². The van der Waals surface area contributed by atoms with Crippen molar-refractivity contribution in [2.75, 3.05) is 0 Å². The predicted molar refractivity (Wildman–Crippen MR) is 114 cm³/mol. The number of carbonyl (C=O) groups excluding carboxylic acids is 3. The van der Waals surface area contributed by atoms with E-state index in [1.165, 1.54) is 26.0 Å². The molecular weight excluding hydrogens is 418 g/mol. The first-order valence-electron chi connectivity index (χ1n) is 10.8. The van der Waals surface area contributed by atoms with Crippen LogP contribution in [0, 0.1) is 5.92 Å². The minimum absolute atomic E-state index is 0.0240. The molecule has 1 aliphatic rings. The van der Waals surface area contributed by atoms with E-state index in [2.05, 4.69) is 0 Å². The SMILES string of the molecule is CC(=O)Oc1ccc(C(CC(C)OC(=O)C2CCCCC2)[C@H](N)C(=O)O)cc1OC(C)=O. The quantitative estimate of drug-likeness (QED) is 0.430. The predicted octanol–water partition coefficient (Wildman–Crippen LogP) is 2.93. The van der Waals surface area contributed by atoms with Gasteiger partial charge in [0, 0.05) is 19.8 Å². The molecule has 9 heteroatoms. The summed E-state index contributed by atoms with van der Waals surface area (Å²) in [5.74, 6) is -3.61. The summed E-state index contributed by atoms with van der Waals surface area (Å²) in [7, 11) is 0. The second kappa shape index (κ2) is 11.6. The molecule has 0 aliphatic heterocycles. The lowest BCUT2D eigenvalue weighted by Gasteiger charge is -2.27. The van der Waals surface area contributed by atoms with Gasteiger partial charge >= 0.3 is 23.9 Å². The van der Waals surface area contributed by atoms with Crippen LogP contribution < -0.4 is 15.2 Å². The standard InChI is InChI=1S/C23H31NO8/c1-13(30-23(29)16-7-5-4-6-8-16)11-18(21(24)22(27)28)17-9-10-19(31-14(2)25)20(12-17)32-15(3)26/h9-10,12-13,16,18,21H,4-8,11,24H2,1-3H3,(H,27,28)/t13?,18?,21-/m0/s1. The summed E-state index contributed by atoms with van der Waals surface area (Å²) in [4.78, 5) is 47.0. The first-order chi connectivity index (χ1) is 15.1. The zero-order valence-corrected chi connectivity index (χ0v) is 18.7. The van der Waals surface area contributed by atoms with Crippen LogP contribution in [0.15, 0.2) is 18.2 Å². The zero-order valence-electron chi connectivity index (χ0n) is 18.7. The molecule has 0 amide bonds. The Bertz CT molecular complexity index is 846. The number of aliphatic carboxylic acids is 1. The first-order valence-corrected chi connectivity index (χ1v) is 10.8. The third kappa shape index (κ3) is 7.33. The molecule has 2 unspecified atom stereocenters. The van der Waals surface area contributed by atoms with Gasteiger partial charge in [-0.2, -0.15) is 0 Å². The summed E-state index contributed by atoms with van der Waals surface area (Å²) < 4.78 is 15.8. The van der Waals surface area contributed by atoms with Crippen molar-refractivity contribution in [3.8, 4) is 11.5 Å². The van der Waals surface area contributed by atoms with Gasteiger partial charge in [-0.05, 0) is 43.9 Å². The maximum Gasteiger partial charge on any atom is 0.321 e. The van der Waals surface area contributed by atoms with Crippen LogP contribution in [0.5, 0.6) is 11.5 Å². The molecule has 9 nitrogen and oxygen atoms in total. The van der Waals surface area contributed by atoms with Crippen LogP contribution in [-0.2, 0) is 23.9 Å². The van der Waals surface area contributed by atoms with Gasteiger partial charge in [-0.3, -0.25) is 19.2 Å². The summed E-state index contributed by atoms with van der Waals surface area (Å²) in [6.45, 7) is 4.09. The highest BCUT2D eigenvalue weighted by Gasteiger charge is 2.31. The third-order valence-electron chi connectivity index (χ3n) is 5.46. The number of ether oxygens (including phenoxy) is 3. The van der Waals surface area contributed by atoms with Crippen molar-refractivity contribution < 1.29 is 38.5 Å². The average Bonchev–Trinajstić information content (AvgIpc) is 2.72. The number of carbonyl (C=O) groups is 4. The Hall–Kier alpha value is -2.94. The van der Waals surface area contributed by atoms with E-state index in [1.54, 1.807) is 13.0 Å². The molecule has 0 radical (unpaired) electrons. The molecular formula is C23H31NO8. The second-order valence-electron chi connectivity index (χ2n) is 8.18. The van der Waals surface area contributed by atoms with Crippen LogP contribution in [0.4, 0.5) is 0 Å². The van der Waals surface area contributed by atoms with Gasteiger partial charge in [0.2, 0.25) is 0 Å². The van der Waals surface area contributed by atoms with Crippen LogP contribution in [0.2, 0.25) is 0 Å². The normalized spacial score (nSPS) is 17.0. The Morgan fingerprint density at radius 3 is 2.19 bits per heavy atom. The van der Waals surface area contributed by atoms with Gasteiger partial charge in [0.25, 0.3) is 0 Å². The van der Waals surface area contributed by atoms with Gasteiger partial charge in [0.05, 0.1) is 12.0 Å². The monoisotopic (exact) mass is 449 g/mol. The van der Waals surface area contributed by atoms with Gasteiger partial charge in [-0.15, -0.1) is 0 Å². The molecule has 0 heterocycles. The number of carboxylic acids is 1. The molecule has 2 rings (SSSR count). The second-order valence-corrected chi connectivity index (χ2v) is 8.18. The van der Waals surface area contributed by atoms with Crippen molar-refractivity contribution in [3.05, 3.63) is 23.8 Å². The van der Waals surface area contributed by atoms with Crippen LogP contribution in [0.3, 0.4) is 0 Å². The van der Waals surface area contributed by atoms with Crippen molar-refractivity contribution in [2.45, 2.75) is 77.4 Å². The minimum atomic E-state index is -1.30.